The smallest absolute Gasteiger partial charge is 0.306 e. The Labute approximate surface area is 109 Å². The standard InChI is InChI=1S/C11H20O3.C2H4O2/c1-5-9(12)7-6-8-10(13)14-11(2,3)4;1-2(3)4/h5-8H2,1-4H3;1H3,(H,3,4). The number of carbonyl (C=O) groups is 3. The number of carbonyl (C=O) groups excluding carboxylic acids is 2. The van der Waals surface area contributed by atoms with E-state index in [1.54, 1.807) is 0 Å². The van der Waals surface area contributed by atoms with Gasteiger partial charge in [0, 0.05) is 26.2 Å². The number of carboxylic acids is 1. The molecule has 5 heteroatoms. The molecule has 0 aliphatic carbocycles. The third kappa shape index (κ3) is 20.1. The maximum Gasteiger partial charge on any atom is 0.306 e. The number of hydrogen-bond donors (Lipinski definition) is 1. The summed E-state index contributed by atoms with van der Waals surface area (Å²) in [5.41, 5.74) is -0.425. The monoisotopic (exact) mass is 260 g/mol. The van der Waals surface area contributed by atoms with E-state index in [1.807, 2.05) is 27.7 Å². The van der Waals surface area contributed by atoms with Crippen molar-refractivity contribution in [2.75, 3.05) is 0 Å². The van der Waals surface area contributed by atoms with Crippen molar-refractivity contribution in [3.63, 3.8) is 0 Å². The third-order valence-electron chi connectivity index (χ3n) is 1.65. The van der Waals surface area contributed by atoms with Crippen molar-refractivity contribution >= 4 is 17.7 Å². The van der Waals surface area contributed by atoms with Crippen molar-refractivity contribution in [1.82, 2.24) is 0 Å². The largest absolute Gasteiger partial charge is 0.481 e. The van der Waals surface area contributed by atoms with Crippen LogP contribution in [0.15, 0.2) is 0 Å². The summed E-state index contributed by atoms with van der Waals surface area (Å²) >= 11 is 0. The predicted molar refractivity (Wildman–Crippen MR) is 68.3 cm³/mol. The van der Waals surface area contributed by atoms with Gasteiger partial charge in [-0.2, -0.15) is 0 Å². The number of rotatable bonds is 5. The van der Waals surface area contributed by atoms with Crippen LogP contribution in [0.4, 0.5) is 0 Å². The van der Waals surface area contributed by atoms with Gasteiger partial charge >= 0.3 is 5.97 Å². The van der Waals surface area contributed by atoms with Crippen LogP contribution in [0.1, 0.15) is 60.3 Å². The molecule has 0 aliphatic rings. The summed E-state index contributed by atoms with van der Waals surface area (Å²) in [6.07, 6.45) is 1.97. The maximum atomic E-state index is 11.2. The van der Waals surface area contributed by atoms with Crippen LogP contribution in [-0.4, -0.2) is 28.4 Å². The van der Waals surface area contributed by atoms with E-state index in [9.17, 15) is 9.59 Å². The Morgan fingerprint density at radius 1 is 1.11 bits per heavy atom. The Bertz CT molecular complexity index is 272. The first-order valence-corrected chi connectivity index (χ1v) is 6.01. The Morgan fingerprint density at radius 3 is 1.89 bits per heavy atom. The Hall–Kier alpha value is -1.39. The number of esters is 1. The molecular formula is C13H24O5. The summed E-state index contributed by atoms with van der Waals surface area (Å²) in [5, 5.41) is 7.42. The van der Waals surface area contributed by atoms with E-state index in [2.05, 4.69) is 0 Å². The minimum Gasteiger partial charge on any atom is -0.481 e. The average molecular weight is 260 g/mol. The molecule has 0 aliphatic heterocycles. The van der Waals surface area contributed by atoms with E-state index in [1.165, 1.54) is 0 Å². The van der Waals surface area contributed by atoms with E-state index in [0.29, 0.717) is 25.7 Å². The highest BCUT2D eigenvalue weighted by molar-refractivity contribution is 5.78. The van der Waals surface area contributed by atoms with Gasteiger partial charge in [0.25, 0.3) is 5.97 Å². The first kappa shape index (κ1) is 19.0. The molecule has 0 aromatic rings. The molecule has 0 atom stereocenters. The lowest BCUT2D eigenvalue weighted by atomic mass is 10.1. The van der Waals surface area contributed by atoms with Crippen LogP contribution in [0, 0.1) is 0 Å². The fourth-order valence-corrected chi connectivity index (χ4v) is 0.999. The molecule has 0 amide bonds. The number of aliphatic carboxylic acids is 1. The fraction of sp³-hybridized carbons (Fsp3) is 0.769. The zero-order valence-electron chi connectivity index (χ0n) is 11.9. The van der Waals surface area contributed by atoms with E-state index in [0.717, 1.165) is 6.92 Å². The summed E-state index contributed by atoms with van der Waals surface area (Å²) < 4.78 is 5.10. The quantitative estimate of drug-likeness (QED) is 0.768. The number of ketones is 1. The second-order valence-electron chi connectivity index (χ2n) is 4.85. The van der Waals surface area contributed by atoms with Gasteiger partial charge in [-0.1, -0.05) is 6.92 Å². The first-order valence-electron chi connectivity index (χ1n) is 6.01. The van der Waals surface area contributed by atoms with Gasteiger partial charge < -0.3 is 9.84 Å². The van der Waals surface area contributed by atoms with E-state index < -0.39 is 11.6 Å². The van der Waals surface area contributed by atoms with Crippen LogP contribution in [0.2, 0.25) is 0 Å². The fourth-order valence-electron chi connectivity index (χ4n) is 0.999. The molecule has 0 bridgehead atoms. The van der Waals surface area contributed by atoms with E-state index in [4.69, 9.17) is 14.6 Å². The molecule has 0 rings (SSSR count). The van der Waals surface area contributed by atoms with Crippen molar-refractivity contribution in [1.29, 1.82) is 0 Å². The summed E-state index contributed by atoms with van der Waals surface area (Å²) in [5.74, 6) is -0.852. The zero-order chi connectivity index (χ0) is 14.8. The molecule has 0 radical (unpaired) electrons. The Morgan fingerprint density at radius 2 is 1.56 bits per heavy atom. The summed E-state index contributed by atoms with van der Waals surface area (Å²) in [4.78, 5) is 31.1. The molecule has 0 saturated carbocycles. The van der Waals surface area contributed by atoms with Gasteiger partial charge in [0.15, 0.2) is 0 Å². The topological polar surface area (TPSA) is 80.7 Å². The highest BCUT2D eigenvalue weighted by Gasteiger charge is 2.15. The third-order valence-corrected chi connectivity index (χ3v) is 1.65. The van der Waals surface area contributed by atoms with Crippen LogP contribution in [0.5, 0.6) is 0 Å². The Balaban J connectivity index is 0. The predicted octanol–water partition coefficient (Wildman–Crippen LogP) is 2.57. The number of ether oxygens (including phenoxy) is 1. The van der Waals surface area contributed by atoms with Gasteiger partial charge in [0.2, 0.25) is 0 Å². The number of Topliss-reactive ketones (excluding diaryl/α,β-unsaturated/α-hetero) is 1. The summed E-state index contributed by atoms with van der Waals surface area (Å²) in [7, 11) is 0. The van der Waals surface area contributed by atoms with Gasteiger partial charge in [-0.05, 0) is 27.2 Å². The molecule has 0 fully saturated rings. The minimum absolute atomic E-state index is 0.202. The first-order chi connectivity index (χ1) is 8.08. The minimum atomic E-state index is -0.833. The van der Waals surface area contributed by atoms with Gasteiger partial charge in [-0.3, -0.25) is 14.4 Å². The molecule has 0 spiro atoms. The lowest BCUT2D eigenvalue weighted by molar-refractivity contribution is -0.154. The lowest BCUT2D eigenvalue weighted by Gasteiger charge is -2.19. The van der Waals surface area contributed by atoms with Crippen LogP contribution in [0.25, 0.3) is 0 Å². The second kappa shape index (κ2) is 9.62. The van der Waals surface area contributed by atoms with Crippen molar-refractivity contribution in [2.45, 2.75) is 65.9 Å². The average Bonchev–Trinajstić information content (AvgIpc) is 2.13. The molecule has 0 saturated heterocycles. The van der Waals surface area contributed by atoms with E-state index >= 15 is 0 Å². The van der Waals surface area contributed by atoms with Crippen LogP contribution in [0.3, 0.4) is 0 Å². The van der Waals surface area contributed by atoms with Gasteiger partial charge in [-0.25, -0.2) is 0 Å². The molecule has 0 aromatic heterocycles. The van der Waals surface area contributed by atoms with E-state index in [-0.39, 0.29) is 11.8 Å². The van der Waals surface area contributed by atoms with Crippen molar-refractivity contribution < 1.29 is 24.2 Å². The molecule has 5 nitrogen and oxygen atoms in total. The highest BCUT2D eigenvalue weighted by Crippen LogP contribution is 2.10. The molecule has 1 N–H and O–H groups in total. The van der Waals surface area contributed by atoms with Gasteiger partial charge in [0.05, 0.1) is 0 Å². The van der Waals surface area contributed by atoms with Crippen molar-refractivity contribution in [2.24, 2.45) is 0 Å². The van der Waals surface area contributed by atoms with Crippen LogP contribution >= 0.6 is 0 Å². The van der Waals surface area contributed by atoms with Crippen LogP contribution < -0.4 is 0 Å². The zero-order valence-corrected chi connectivity index (χ0v) is 11.9. The molecular weight excluding hydrogens is 236 g/mol. The number of hydrogen-bond acceptors (Lipinski definition) is 4. The van der Waals surface area contributed by atoms with Crippen molar-refractivity contribution in [3.8, 4) is 0 Å². The molecule has 0 heterocycles. The van der Waals surface area contributed by atoms with Crippen molar-refractivity contribution in [3.05, 3.63) is 0 Å². The van der Waals surface area contributed by atoms with Gasteiger partial charge in [-0.15, -0.1) is 0 Å². The number of carboxylic acid groups (broad SMARTS) is 1. The van der Waals surface area contributed by atoms with Crippen LogP contribution in [-0.2, 0) is 19.1 Å². The summed E-state index contributed by atoms with van der Waals surface area (Å²) in [6, 6.07) is 0. The molecule has 106 valence electrons. The SMILES string of the molecule is CC(=O)O.CCC(=O)CCCC(=O)OC(C)(C)C. The highest BCUT2D eigenvalue weighted by atomic mass is 16.6. The lowest BCUT2D eigenvalue weighted by Crippen LogP contribution is -2.23. The maximum absolute atomic E-state index is 11.2. The molecule has 18 heavy (non-hydrogen) atoms. The van der Waals surface area contributed by atoms with Gasteiger partial charge in [0.1, 0.15) is 11.4 Å². The second-order valence-corrected chi connectivity index (χ2v) is 4.85. The normalized spacial score (nSPS) is 10.1. The summed E-state index contributed by atoms with van der Waals surface area (Å²) in [6.45, 7) is 8.42. The Kier molecular flexibility index (Phi) is 10.1. The molecule has 0 aromatic carbocycles. The molecule has 0 unspecified atom stereocenters.